The van der Waals surface area contributed by atoms with Crippen molar-refractivity contribution in [3.05, 3.63) is 47.5 Å². The Hall–Kier alpha value is -1.39. The molecule has 0 bridgehead atoms. The zero-order valence-corrected chi connectivity index (χ0v) is 11.1. The SMILES string of the molecule is CCC(N)C(Cn1cncn1)c1ccc(Cl)cc1. The van der Waals surface area contributed by atoms with Gasteiger partial charge in [-0.3, -0.25) is 4.68 Å². The Labute approximate surface area is 112 Å². The van der Waals surface area contributed by atoms with Gasteiger partial charge in [-0.05, 0) is 24.1 Å². The quantitative estimate of drug-likeness (QED) is 0.903. The highest BCUT2D eigenvalue weighted by Crippen LogP contribution is 2.23. The van der Waals surface area contributed by atoms with Crippen LogP contribution < -0.4 is 5.73 Å². The average Bonchev–Trinajstić information content (AvgIpc) is 2.89. The fourth-order valence-corrected chi connectivity index (χ4v) is 2.14. The fourth-order valence-electron chi connectivity index (χ4n) is 2.01. The van der Waals surface area contributed by atoms with E-state index >= 15 is 0 Å². The molecule has 5 heteroatoms. The molecule has 1 aromatic carbocycles. The summed E-state index contributed by atoms with van der Waals surface area (Å²) >= 11 is 5.91. The summed E-state index contributed by atoms with van der Waals surface area (Å²) < 4.78 is 1.81. The molecular weight excluding hydrogens is 248 g/mol. The standard InChI is InChI=1S/C13H17ClN4/c1-2-13(15)12(7-18-9-16-8-17-18)10-3-5-11(14)6-4-10/h3-6,8-9,12-13H,2,7,15H2,1H3. The van der Waals surface area contributed by atoms with Crippen molar-refractivity contribution in [2.45, 2.75) is 31.8 Å². The first-order valence-electron chi connectivity index (χ1n) is 6.04. The molecule has 0 radical (unpaired) electrons. The minimum absolute atomic E-state index is 0.0929. The van der Waals surface area contributed by atoms with Crippen molar-refractivity contribution in [1.82, 2.24) is 14.8 Å². The number of halogens is 1. The highest BCUT2D eigenvalue weighted by atomic mass is 35.5. The lowest BCUT2D eigenvalue weighted by Gasteiger charge is -2.23. The lowest BCUT2D eigenvalue weighted by Crippen LogP contribution is -2.30. The van der Waals surface area contributed by atoms with E-state index in [1.54, 1.807) is 6.33 Å². The Balaban J connectivity index is 2.22. The Bertz CT molecular complexity index is 466. The summed E-state index contributed by atoms with van der Waals surface area (Å²) in [4.78, 5) is 3.96. The molecular formula is C13H17ClN4. The highest BCUT2D eigenvalue weighted by molar-refractivity contribution is 6.30. The van der Waals surface area contributed by atoms with Gasteiger partial charge in [-0.1, -0.05) is 30.7 Å². The van der Waals surface area contributed by atoms with E-state index < -0.39 is 0 Å². The second kappa shape index (κ2) is 5.98. The topological polar surface area (TPSA) is 56.7 Å². The molecule has 96 valence electrons. The van der Waals surface area contributed by atoms with Crippen LogP contribution in [0.15, 0.2) is 36.9 Å². The molecule has 0 fully saturated rings. The Morgan fingerprint density at radius 2 is 2.06 bits per heavy atom. The summed E-state index contributed by atoms with van der Waals surface area (Å²) in [6, 6.07) is 7.94. The molecule has 2 rings (SSSR count). The zero-order chi connectivity index (χ0) is 13.0. The molecule has 0 aliphatic carbocycles. The van der Waals surface area contributed by atoms with Crippen molar-refractivity contribution in [3.63, 3.8) is 0 Å². The number of hydrogen-bond donors (Lipinski definition) is 1. The van der Waals surface area contributed by atoms with Crippen molar-refractivity contribution in [2.24, 2.45) is 5.73 Å². The van der Waals surface area contributed by atoms with Crippen LogP contribution in [0.1, 0.15) is 24.8 Å². The van der Waals surface area contributed by atoms with E-state index in [0.717, 1.165) is 18.0 Å². The van der Waals surface area contributed by atoms with Gasteiger partial charge in [-0.15, -0.1) is 0 Å². The summed E-state index contributed by atoms with van der Waals surface area (Å²) in [7, 11) is 0. The molecule has 1 aromatic heterocycles. The first-order chi connectivity index (χ1) is 8.70. The largest absolute Gasteiger partial charge is 0.327 e. The summed E-state index contributed by atoms with van der Waals surface area (Å²) in [6.07, 6.45) is 4.17. The molecule has 0 saturated carbocycles. The molecule has 4 nitrogen and oxygen atoms in total. The highest BCUT2D eigenvalue weighted by Gasteiger charge is 2.19. The maximum atomic E-state index is 6.21. The van der Waals surface area contributed by atoms with E-state index in [-0.39, 0.29) is 12.0 Å². The third kappa shape index (κ3) is 3.09. The van der Waals surface area contributed by atoms with Crippen LogP contribution >= 0.6 is 11.6 Å². The van der Waals surface area contributed by atoms with E-state index in [2.05, 4.69) is 17.0 Å². The smallest absolute Gasteiger partial charge is 0.137 e. The molecule has 0 spiro atoms. The van der Waals surface area contributed by atoms with Crippen LogP contribution in [0, 0.1) is 0 Å². The number of hydrogen-bond acceptors (Lipinski definition) is 3. The third-order valence-electron chi connectivity index (χ3n) is 3.14. The van der Waals surface area contributed by atoms with Gasteiger partial charge in [0.05, 0.1) is 6.54 Å². The molecule has 0 amide bonds. The Morgan fingerprint density at radius 1 is 1.33 bits per heavy atom. The maximum Gasteiger partial charge on any atom is 0.137 e. The van der Waals surface area contributed by atoms with Crippen LogP contribution in [-0.2, 0) is 6.54 Å². The maximum absolute atomic E-state index is 6.21. The number of rotatable bonds is 5. The van der Waals surface area contributed by atoms with Crippen molar-refractivity contribution in [1.29, 1.82) is 0 Å². The lowest BCUT2D eigenvalue weighted by atomic mass is 9.90. The molecule has 18 heavy (non-hydrogen) atoms. The van der Waals surface area contributed by atoms with Crippen LogP contribution in [0.3, 0.4) is 0 Å². The minimum atomic E-state index is 0.0929. The summed E-state index contributed by atoms with van der Waals surface area (Å²) in [5, 5.41) is 4.88. The molecule has 1 heterocycles. The molecule has 0 saturated heterocycles. The fraction of sp³-hybridized carbons (Fsp3) is 0.385. The van der Waals surface area contributed by atoms with Gasteiger partial charge < -0.3 is 5.73 Å². The molecule has 2 atom stereocenters. The molecule has 2 N–H and O–H groups in total. The second-order valence-corrected chi connectivity index (χ2v) is 4.78. The average molecular weight is 265 g/mol. The lowest BCUT2D eigenvalue weighted by molar-refractivity contribution is 0.433. The van der Waals surface area contributed by atoms with Crippen LogP contribution in [-0.4, -0.2) is 20.8 Å². The molecule has 0 aliphatic rings. The summed E-state index contributed by atoms with van der Waals surface area (Å²) in [5.41, 5.74) is 7.39. The van der Waals surface area contributed by atoms with E-state index in [0.29, 0.717) is 0 Å². The van der Waals surface area contributed by atoms with Crippen molar-refractivity contribution in [2.75, 3.05) is 0 Å². The van der Waals surface area contributed by atoms with E-state index in [1.165, 1.54) is 11.9 Å². The van der Waals surface area contributed by atoms with E-state index in [4.69, 9.17) is 17.3 Å². The predicted octanol–water partition coefficient (Wildman–Crippen LogP) is 2.45. The predicted molar refractivity (Wildman–Crippen MR) is 72.5 cm³/mol. The minimum Gasteiger partial charge on any atom is -0.327 e. The van der Waals surface area contributed by atoms with Crippen LogP contribution in [0.25, 0.3) is 0 Å². The van der Waals surface area contributed by atoms with Gasteiger partial charge in [-0.2, -0.15) is 5.10 Å². The number of benzene rings is 1. The van der Waals surface area contributed by atoms with E-state index in [1.807, 2.05) is 28.9 Å². The van der Waals surface area contributed by atoms with Crippen molar-refractivity contribution in [3.8, 4) is 0 Å². The number of nitrogens with two attached hydrogens (primary N) is 1. The van der Waals surface area contributed by atoms with Gasteiger partial charge in [0.2, 0.25) is 0 Å². The first kappa shape index (κ1) is 13.1. The monoisotopic (exact) mass is 264 g/mol. The Morgan fingerprint density at radius 3 is 2.61 bits per heavy atom. The van der Waals surface area contributed by atoms with Crippen molar-refractivity contribution >= 4 is 11.6 Å². The summed E-state index contributed by atoms with van der Waals surface area (Å²) in [5.74, 6) is 0.217. The van der Waals surface area contributed by atoms with Gasteiger partial charge in [0, 0.05) is 17.0 Å². The van der Waals surface area contributed by atoms with Gasteiger partial charge in [0.1, 0.15) is 12.7 Å². The van der Waals surface area contributed by atoms with E-state index in [9.17, 15) is 0 Å². The van der Waals surface area contributed by atoms with Crippen molar-refractivity contribution < 1.29 is 0 Å². The zero-order valence-electron chi connectivity index (χ0n) is 10.3. The van der Waals surface area contributed by atoms with Gasteiger partial charge >= 0.3 is 0 Å². The summed E-state index contributed by atoms with van der Waals surface area (Å²) in [6.45, 7) is 2.82. The number of nitrogens with zero attached hydrogens (tertiary/aromatic N) is 3. The van der Waals surface area contributed by atoms with Gasteiger partial charge in [0.15, 0.2) is 0 Å². The van der Waals surface area contributed by atoms with Gasteiger partial charge in [-0.25, -0.2) is 4.98 Å². The normalized spacial score (nSPS) is 14.4. The molecule has 2 unspecified atom stereocenters. The van der Waals surface area contributed by atoms with Crippen LogP contribution in [0.4, 0.5) is 0 Å². The first-order valence-corrected chi connectivity index (χ1v) is 6.42. The molecule has 2 aromatic rings. The van der Waals surface area contributed by atoms with Crippen LogP contribution in [0.2, 0.25) is 5.02 Å². The second-order valence-electron chi connectivity index (χ2n) is 4.35. The third-order valence-corrected chi connectivity index (χ3v) is 3.39. The van der Waals surface area contributed by atoms with Crippen LogP contribution in [0.5, 0.6) is 0 Å². The Kier molecular flexibility index (Phi) is 4.33. The van der Waals surface area contributed by atoms with Gasteiger partial charge in [0.25, 0.3) is 0 Å². The number of aromatic nitrogens is 3. The molecule has 0 aliphatic heterocycles.